The number of hydrogen-bond donors (Lipinski definition) is 1. The van der Waals surface area contributed by atoms with Crippen molar-refractivity contribution in [1.29, 1.82) is 0 Å². The van der Waals surface area contributed by atoms with Gasteiger partial charge in [0.05, 0.1) is 28.3 Å². The second-order valence-corrected chi connectivity index (χ2v) is 8.80. The van der Waals surface area contributed by atoms with E-state index in [2.05, 4.69) is 15.0 Å². The van der Waals surface area contributed by atoms with E-state index in [0.717, 1.165) is 28.9 Å². The predicted molar refractivity (Wildman–Crippen MR) is 110 cm³/mol. The first-order chi connectivity index (χ1) is 13.8. The van der Waals surface area contributed by atoms with Crippen molar-refractivity contribution in [2.24, 2.45) is 0 Å². The lowest BCUT2D eigenvalue weighted by Crippen LogP contribution is -1.96. The first kappa shape index (κ1) is 19.0. The van der Waals surface area contributed by atoms with E-state index in [1.54, 1.807) is 30.6 Å². The fraction of sp³-hybridized carbons (Fsp3) is 0.0909. The summed E-state index contributed by atoms with van der Waals surface area (Å²) in [5, 5.41) is 0. The molecule has 0 atom stereocenters. The predicted octanol–water partition coefficient (Wildman–Crippen LogP) is 4.66. The van der Waals surface area contributed by atoms with Crippen molar-refractivity contribution in [3.63, 3.8) is 0 Å². The molecule has 4 aromatic rings. The second kappa shape index (κ2) is 7.25. The lowest BCUT2D eigenvalue weighted by Gasteiger charge is -2.09. The molecule has 0 amide bonds. The van der Waals surface area contributed by atoms with Gasteiger partial charge in [0.2, 0.25) is 0 Å². The maximum absolute atomic E-state index is 14.5. The summed E-state index contributed by atoms with van der Waals surface area (Å²) in [4.78, 5) is 12.2. The van der Waals surface area contributed by atoms with Crippen LogP contribution in [0.25, 0.3) is 33.8 Å². The number of sulfone groups is 1. The molecule has 2 aromatic carbocycles. The number of benzene rings is 2. The summed E-state index contributed by atoms with van der Waals surface area (Å²) in [7, 11) is -3.31. The van der Waals surface area contributed by atoms with E-state index < -0.39 is 15.7 Å². The summed E-state index contributed by atoms with van der Waals surface area (Å²) < 4.78 is 37.9. The Hall–Kier alpha value is -3.32. The Morgan fingerprint density at radius 2 is 1.69 bits per heavy atom. The molecule has 2 aromatic heterocycles. The summed E-state index contributed by atoms with van der Waals surface area (Å²) in [6.07, 6.45) is 2.72. The molecule has 7 heteroatoms. The monoisotopic (exact) mass is 407 g/mol. The van der Waals surface area contributed by atoms with Crippen molar-refractivity contribution < 1.29 is 12.8 Å². The van der Waals surface area contributed by atoms with Gasteiger partial charge < -0.3 is 4.98 Å². The zero-order chi connectivity index (χ0) is 20.6. The molecule has 5 nitrogen and oxygen atoms in total. The second-order valence-electron chi connectivity index (χ2n) is 6.78. The molecule has 0 aliphatic rings. The number of pyridine rings is 1. The van der Waals surface area contributed by atoms with Crippen LogP contribution in [0.2, 0.25) is 0 Å². The summed E-state index contributed by atoms with van der Waals surface area (Å²) in [5.74, 6) is -0.397. The Bertz CT molecular complexity index is 1300. The zero-order valence-electron chi connectivity index (χ0n) is 15.8. The number of nitrogens with one attached hydrogen (secondary N) is 1. The molecule has 4 rings (SSSR count). The third kappa shape index (κ3) is 3.82. The van der Waals surface area contributed by atoms with Crippen LogP contribution in [0, 0.1) is 12.7 Å². The number of hydrogen-bond acceptors (Lipinski definition) is 4. The van der Waals surface area contributed by atoms with Gasteiger partial charge in [-0.3, -0.25) is 4.98 Å². The Balaban J connectivity index is 1.79. The highest BCUT2D eigenvalue weighted by Crippen LogP contribution is 2.32. The number of imidazole rings is 1. The van der Waals surface area contributed by atoms with Crippen LogP contribution >= 0.6 is 0 Å². The maximum atomic E-state index is 14.5. The van der Waals surface area contributed by atoms with Crippen LogP contribution in [0.4, 0.5) is 4.39 Å². The fourth-order valence-electron chi connectivity index (χ4n) is 3.17. The van der Waals surface area contributed by atoms with Gasteiger partial charge in [-0.2, -0.15) is 0 Å². The van der Waals surface area contributed by atoms with Gasteiger partial charge in [0.25, 0.3) is 0 Å². The van der Waals surface area contributed by atoms with Gasteiger partial charge in [-0.25, -0.2) is 17.8 Å². The first-order valence-electron chi connectivity index (χ1n) is 8.91. The highest BCUT2D eigenvalue weighted by Gasteiger charge is 2.15. The molecule has 29 heavy (non-hydrogen) atoms. The molecule has 0 spiro atoms. The molecule has 2 heterocycles. The average molecular weight is 407 g/mol. The molecule has 0 aliphatic carbocycles. The first-order valence-corrected chi connectivity index (χ1v) is 10.8. The van der Waals surface area contributed by atoms with Gasteiger partial charge in [0.1, 0.15) is 5.82 Å². The molecule has 146 valence electrons. The van der Waals surface area contributed by atoms with Crippen LogP contribution < -0.4 is 0 Å². The Kier molecular flexibility index (Phi) is 4.76. The minimum atomic E-state index is -3.31. The summed E-state index contributed by atoms with van der Waals surface area (Å²) in [6.45, 7) is 1.91. The van der Waals surface area contributed by atoms with Crippen LogP contribution in [0.5, 0.6) is 0 Å². The van der Waals surface area contributed by atoms with Crippen LogP contribution in [0.1, 0.15) is 5.69 Å². The molecule has 0 bridgehead atoms. The van der Waals surface area contributed by atoms with Crippen LogP contribution in [-0.2, 0) is 9.84 Å². The molecular formula is C22H18FN3O2S. The molecule has 0 fully saturated rings. The molecule has 0 aliphatic heterocycles. The van der Waals surface area contributed by atoms with Gasteiger partial charge in [0.15, 0.2) is 9.84 Å². The van der Waals surface area contributed by atoms with Crippen LogP contribution in [0.3, 0.4) is 0 Å². The number of aromatic amines is 1. The van der Waals surface area contributed by atoms with Crippen LogP contribution in [0.15, 0.2) is 71.9 Å². The lowest BCUT2D eigenvalue weighted by molar-refractivity contribution is 0.602. The third-order valence-electron chi connectivity index (χ3n) is 4.62. The summed E-state index contributed by atoms with van der Waals surface area (Å²) >= 11 is 0. The molecular weight excluding hydrogens is 389 g/mol. The summed E-state index contributed by atoms with van der Waals surface area (Å²) in [5.41, 5.74) is 4.73. The van der Waals surface area contributed by atoms with E-state index in [4.69, 9.17) is 0 Å². The Morgan fingerprint density at radius 3 is 2.38 bits per heavy atom. The number of rotatable bonds is 4. The smallest absolute Gasteiger partial charge is 0.175 e. The quantitative estimate of drug-likeness (QED) is 0.534. The molecule has 0 saturated heterocycles. The van der Waals surface area contributed by atoms with E-state index in [0.29, 0.717) is 16.8 Å². The maximum Gasteiger partial charge on any atom is 0.175 e. The van der Waals surface area contributed by atoms with E-state index in [9.17, 15) is 12.8 Å². The number of halogens is 1. The van der Waals surface area contributed by atoms with E-state index in [1.807, 2.05) is 25.1 Å². The van der Waals surface area contributed by atoms with Gasteiger partial charge in [-0.15, -0.1) is 0 Å². The largest absolute Gasteiger partial charge is 0.343 e. The molecule has 0 unspecified atom stereocenters. The standard InChI is InChI=1S/C22H18FN3O2S/c1-14-4-3-5-20(26-14)22-21(24-13-25-22)16-8-11-19(23)18(12-16)15-6-9-17(10-7-15)29(2,27)28/h3-13H,1-2H3,(H,24,25). The fourth-order valence-corrected chi connectivity index (χ4v) is 3.80. The minimum absolute atomic E-state index is 0.193. The number of nitrogens with zero attached hydrogens (tertiary/aromatic N) is 2. The van der Waals surface area contributed by atoms with Crippen molar-refractivity contribution >= 4 is 9.84 Å². The number of H-pyrrole nitrogens is 1. The highest BCUT2D eigenvalue weighted by molar-refractivity contribution is 7.90. The number of aromatic nitrogens is 3. The zero-order valence-corrected chi connectivity index (χ0v) is 16.7. The van der Waals surface area contributed by atoms with Crippen molar-refractivity contribution in [2.75, 3.05) is 6.26 Å². The minimum Gasteiger partial charge on any atom is -0.343 e. The van der Waals surface area contributed by atoms with Crippen molar-refractivity contribution in [2.45, 2.75) is 11.8 Å². The SMILES string of the molecule is Cc1cccc(-c2[nH]cnc2-c2ccc(F)c(-c3ccc(S(C)(=O)=O)cc3)c2)n1. The van der Waals surface area contributed by atoms with E-state index in [1.165, 1.54) is 18.2 Å². The third-order valence-corrected chi connectivity index (χ3v) is 5.75. The highest BCUT2D eigenvalue weighted by atomic mass is 32.2. The summed E-state index contributed by atoms with van der Waals surface area (Å²) in [6, 6.07) is 16.6. The van der Waals surface area contributed by atoms with Crippen molar-refractivity contribution in [1.82, 2.24) is 15.0 Å². The van der Waals surface area contributed by atoms with E-state index in [-0.39, 0.29) is 4.90 Å². The van der Waals surface area contributed by atoms with Crippen LogP contribution in [-0.4, -0.2) is 29.6 Å². The molecule has 0 saturated carbocycles. The Labute approximate surface area is 168 Å². The van der Waals surface area contributed by atoms with Crippen molar-refractivity contribution in [3.05, 3.63) is 78.5 Å². The number of aryl methyl sites for hydroxylation is 1. The average Bonchev–Trinajstić information content (AvgIpc) is 3.18. The normalized spacial score (nSPS) is 11.6. The Morgan fingerprint density at radius 1 is 0.966 bits per heavy atom. The lowest BCUT2D eigenvalue weighted by atomic mass is 10.00. The van der Waals surface area contributed by atoms with Gasteiger partial charge in [-0.1, -0.05) is 18.2 Å². The topological polar surface area (TPSA) is 75.7 Å². The molecule has 1 N–H and O–H groups in total. The van der Waals surface area contributed by atoms with Gasteiger partial charge >= 0.3 is 0 Å². The van der Waals surface area contributed by atoms with Crippen molar-refractivity contribution in [3.8, 4) is 33.8 Å². The van der Waals surface area contributed by atoms with Gasteiger partial charge in [-0.05, 0) is 55.0 Å². The van der Waals surface area contributed by atoms with Gasteiger partial charge in [0, 0.05) is 23.1 Å². The molecule has 0 radical (unpaired) electrons. The van der Waals surface area contributed by atoms with E-state index >= 15 is 0 Å².